The first-order chi connectivity index (χ1) is 23.7. The summed E-state index contributed by atoms with van der Waals surface area (Å²) in [6, 6.07) is 5.58. The van der Waals surface area contributed by atoms with Crippen molar-refractivity contribution < 1.29 is 35.8 Å². The van der Waals surface area contributed by atoms with Crippen molar-refractivity contribution in [3.63, 3.8) is 0 Å². The molecule has 2 amide bonds. The van der Waals surface area contributed by atoms with Gasteiger partial charge in [-0.1, -0.05) is 36.0 Å². The van der Waals surface area contributed by atoms with Gasteiger partial charge in [-0.2, -0.15) is 23.1 Å². The van der Waals surface area contributed by atoms with Crippen LogP contribution in [-0.4, -0.2) is 78.7 Å². The number of anilines is 1. The number of terminal acetylenes is 1. The molecule has 17 nitrogen and oxygen atoms in total. The highest BCUT2D eigenvalue weighted by atomic mass is 35.5. The van der Waals surface area contributed by atoms with Gasteiger partial charge in [0.25, 0.3) is 10.0 Å². The van der Waals surface area contributed by atoms with E-state index in [-0.39, 0.29) is 35.8 Å². The first kappa shape index (κ1) is 37.9. The highest BCUT2D eigenvalue weighted by Crippen LogP contribution is 2.33. The number of carbonyl (C=O) groups is 1. The molecule has 0 spiro atoms. The number of sulfone groups is 1. The number of halogens is 2. The molecule has 0 bridgehead atoms. The van der Waals surface area contributed by atoms with Crippen LogP contribution in [0.4, 0.5) is 10.7 Å². The molecule has 266 valence electrons. The SMILES string of the molecule is C#CCOc1cc(-n2nc3n(c2=O)CCCC3)c(Cl)cc1Cl.CCS(=O)(=O)c1cccnc1S(=O)(=O)NC(=O)Nc1nc(OC)cc(OC)n1. The molecule has 21 heteroatoms. The molecule has 5 rings (SSSR count). The number of sulfonamides is 1. The Balaban J connectivity index is 0.000000231. The van der Waals surface area contributed by atoms with Crippen LogP contribution >= 0.6 is 23.2 Å². The zero-order valence-corrected chi connectivity index (χ0v) is 29.9. The van der Waals surface area contributed by atoms with Gasteiger partial charge >= 0.3 is 11.7 Å². The van der Waals surface area contributed by atoms with E-state index in [4.69, 9.17) is 43.8 Å². The predicted octanol–water partition coefficient (Wildman–Crippen LogP) is 2.88. The van der Waals surface area contributed by atoms with E-state index in [0.29, 0.717) is 28.0 Å². The van der Waals surface area contributed by atoms with Crippen LogP contribution in [0.3, 0.4) is 0 Å². The predicted molar refractivity (Wildman–Crippen MR) is 182 cm³/mol. The number of amides is 2. The Morgan fingerprint density at radius 2 is 1.76 bits per heavy atom. The fourth-order valence-corrected chi connectivity index (χ4v) is 7.47. The number of aromatic nitrogens is 6. The lowest BCUT2D eigenvalue weighted by Gasteiger charge is -2.11. The zero-order chi connectivity index (χ0) is 36.6. The molecular formula is C29H30Cl2N8O9S2. The van der Waals surface area contributed by atoms with Gasteiger partial charge in [0.05, 0.1) is 41.8 Å². The average Bonchev–Trinajstić information content (AvgIpc) is 3.43. The Morgan fingerprint density at radius 3 is 2.38 bits per heavy atom. The molecule has 50 heavy (non-hydrogen) atoms. The summed E-state index contributed by atoms with van der Waals surface area (Å²) in [7, 11) is -5.85. The van der Waals surface area contributed by atoms with E-state index in [1.807, 2.05) is 0 Å². The molecule has 0 radical (unpaired) electrons. The molecule has 2 N–H and O–H groups in total. The van der Waals surface area contributed by atoms with Crippen molar-refractivity contribution in [1.29, 1.82) is 0 Å². The quantitative estimate of drug-likeness (QED) is 0.222. The van der Waals surface area contributed by atoms with Gasteiger partial charge in [-0.3, -0.25) is 9.88 Å². The number of benzene rings is 1. The topological polar surface area (TPSA) is 216 Å². The second-order valence-electron chi connectivity index (χ2n) is 9.99. The summed E-state index contributed by atoms with van der Waals surface area (Å²) >= 11 is 12.3. The first-order valence-electron chi connectivity index (χ1n) is 14.5. The average molecular weight is 770 g/mol. The Labute approximate surface area is 296 Å². The van der Waals surface area contributed by atoms with Crippen molar-refractivity contribution >= 4 is 55.0 Å². The highest BCUT2D eigenvalue weighted by molar-refractivity contribution is 7.93. The molecule has 1 aliphatic rings. The Bertz CT molecular complexity index is 2200. The Morgan fingerprint density at radius 1 is 1.06 bits per heavy atom. The summed E-state index contributed by atoms with van der Waals surface area (Å²) < 4.78 is 69.0. The smallest absolute Gasteiger partial charge is 0.350 e. The highest BCUT2D eigenvalue weighted by Gasteiger charge is 2.29. The minimum Gasteiger partial charge on any atom is -0.481 e. The fourth-order valence-electron chi connectivity index (χ4n) is 4.40. The van der Waals surface area contributed by atoms with Crippen LogP contribution in [0.2, 0.25) is 10.0 Å². The number of nitrogens with one attached hydrogen (secondary N) is 2. The molecule has 0 fully saturated rings. The summed E-state index contributed by atoms with van der Waals surface area (Å²) in [5, 5.41) is 6.35. The maximum atomic E-state index is 12.5. The van der Waals surface area contributed by atoms with Gasteiger partial charge in [-0.25, -0.2) is 27.7 Å². The van der Waals surface area contributed by atoms with Gasteiger partial charge < -0.3 is 14.2 Å². The van der Waals surface area contributed by atoms with Crippen molar-refractivity contribution in [2.24, 2.45) is 0 Å². The Hall–Kier alpha value is -4.90. The maximum absolute atomic E-state index is 12.5. The van der Waals surface area contributed by atoms with E-state index < -0.39 is 35.8 Å². The van der Waals surface area contributed by atoms with Gasteiger partial charge in [0.15, 0.2) is 14.9 Å². The van der Waals surface area contributed by atoms with Crippen LogP contribution in [-0.2, 0) is 32.8 Å². The zero-order valence-electron chi connectivity index (χ0n) is 26.7. The molecule has 0 unspecified atom stereocenters. The maximum Gasteiger partial charge on any atom is 0.350 e. The van der Waals surface area contributed by atoms with Gasteiger partial charge in [0.2, 0.25) is 17.7 Å². The third-order valence-electron chi connectivity index (χ3n) is 6.77. The first-order valence-corrected chi connectivity index (χ1v) is 18.4. The standard InChI is InChI=1S/C15H13Cl2N3O2.C14H17N5O7S2/c1-2-7-22-13-9-12(10(16)8-11(13)17)20-15(21)19-6-4-3-5-14(19)18-20;1-4-27(21,22)9-6-5-7-15-12(9)28(23,24)19-14(20)18-13-16-10(25-2)8-11(17-13)26-3/h1,8-9H,3-7H2;5-8H,4H2,1-3H3,(H2,16,17,18,19,20). The monoisotopic (exact) mass is 768 g/mol. The van der Waals surface area contributed by atoms with E-state index in [1.165, 1.54) is 44.0 Å². The van der Waals surface area contributed by atoms with E-state index in [2.05, 4.69) is 31.3 Å². The van der Waals surface area contributed by atoms with Gasteiger partial charge in [-0.15, -0.1) is 11.5 Å². The lowest BCUT2D eigenvalue weighted by molar-refractivity contribution is 0.256. The van der Waals surface area contributed by atoms with Crippen LogP contribution in [0.1, 0.15) is 25.6 Å². The van der Waals surface area contributed by atoms with Crippen molar-refractivity contribution in [1.82, 2.24) is 34.0 Å². The number of carbonyl (C=O) groups excluding carboxylic acids is 1. The lowest BCUT2D eigenvalue weighted by Crippen LogP contribution is -2.36. The molecular weight excluding hydrogens is 739 g/mol. The van der Waals surface area contributed by atoms with Gasteiger partial charge in [0.1, 0.15) is 23.1 Å². The molecule has 1 aromatic carbocycles. The fraction of sp³-hybridized carbons (Fsp3) is 0.310. The Kier molecular flexibility index (Phi) is 12.3. The number of hydrogen-bond acceptors (Lipinski definition) is 13. The largest absolute Gasteiger partial charge is 0.481 e. The van der Waals surface area contributed by atoms with Crippen molar-refractivity contribution in [2.45, 2.75) is 42.7 Å². The second kappa shape index (κ2) is 16.2. The summed E-state index contributed by atoms with van der Waals surface area (Å²) in [5.74, 6) is 2.99. The number of pyridine rings is 1. The van der Waals surface area contributed by atoms with Crippen LogP contribution < -0.4 is 29.9 Å². The van der Waals surface area contributed by atoms with E-state index in [1.54, 1.807) is 15.4 Å². The minimum atomic E-state index is -4.61. The second-order valence-corrected chi connectivity index (χ2v) is 14.7. The molecule has 0 atom stereocenters. The molecule has 4 aromatic rings. The summed E-state index contributed by atoms with van der Waals surface area (Å²) in [5.41, 5.74) is 0.229. The van der Waals surface area contributed by atoms with Gasteiger partial charge in [0, 0.05) is 25.2 Å². The van der Waals surface area contributed by atoms with E-state index >= 15 is 0 Å². The third-order valence-corrected chi connectivity index (χ3v) is 10.5. The summed E-state index contributed by atoms with van der Waals surface area (Å²) in [6.45, 7) is 2.11. The number of rotatable bonds is 10. The number of aryl methyl sites for hydroxylation is 1. The van der Waals surface area contributed by atoms with E-state index in [9.17, 15) is 26.4 Å². The van der Waals surface area contributed by atoms with Crippen LogP contribution in [0.15, 0.2) is 51.2 Å². The van der Waals surface area contributed by atoms with Crippen molar-refractivity contribution in [3.8, 4) is 35.5 Å². The molecule has 0 aliphatic carbocycles. The van der Waals surface area contributed by atoms with Gasteiger partial charge in [-0.05, 0) is 31.0 Å². The molecule has 0 saturated heterocycles. The minimum absolute atomic E-state index is 0.0612. The third kappa shape index (κ3) is 8.81. The number of hydrogen-bond donors (Lipinski definition) is 2. The number of ether oxygens (including phenoxy) is 3. The number of urea groups is 1. The lowest BCUT2D eigenvalue weighted by atomic mass is 10.2. The van der Waals surface area contributed by atoms with Crippen molar-refractivity contribution in [2.75, 3.05) is 31.9 Å². The molecule has 1 aliphatic heterocycles. The van der Waals surface area contributed by atoms with E-state index in [0.717, 1.165) is 37.4 Å². The summed E-state index contributed by atoms with van der Waals surface area (Å²) in [4.78, 5) is 35.3. The number of fused-ring (bicyclic) bond motifs is 1. The molecule has 0 saturated carbocycles. The molecule has 3 aromatic heterocycles. The number of nitrogens with zero attached hydrogens (tertiary/aromatic N) is 6. The molecule has 4 heterocycles. The normalized spacial score (nSPS) is 12.4. The van der Waals surface area contributed by atoms with Crippen LogP contribution in [0, 0.1) is 12.3 Å². The summed E-state index contributed by atoms with van der Waals surface area (Å²) in [6.07, 6.45) is 9.07. The van der Waals surface area contributed by atoms with Crippen LogP contribution in [0.25, 0.3) is 5.69 Å². The van der Waals surface area contributed by atoms with Crippen molar-refractivity contribution in [3.05, 3.63) is 62.9 Å². The van der Waals surface area contributed by atoms with Crippen LogP contribution in [0.5, 0.6) is 17.5 Å². The number of methoxy groups -OCH3 is 2.